The van der Waals surface area contributed by atoms with E-state index in [4.69, 9.17) is 101 Å². The number of aryl methyl sites for hydroxylation is 4. The van der Waals surface area contributed by atoms with E-state index in [1.54, 1.807) is 81.1 Å². The van der Waals surface area contributed by atoms with Crippen LogP contribution in [0.25, 0.3) is 0 Å². The van der Waals surface area contributed by atoms with Crippen molar-refractivity contribution in [2.75, 3.05) is 56.9 Å². The highest BCUT2D eigenvalue weighted by Gasteiger charge is 2.24. The Morgan fingerprint density at radius 3 is 1.29 bits per heavy atom. The number of carbonyl (C=O) groups excluding carboxylic acids is 1. The lowest BCUT2D eigenvalue weighted by molar-refractivity contribution is -0.143. The van der Waals surface area contributed by atoms with E-state index in [0.29, 0.717) is 72.5 Å². The molecule has 0 saturated heterocycles. The van der Waals surface area contributed by atoms with Crippen LogP contribution in [0.1, 0.15) is 54.2 Å². The van der Waals surface area contributed by atoms with Crippen LogP contribution in [0.5, 0.6) is 51.7 Å². The van der Waals surface area contributed by atoms with Gasteiger partial charge in [0.25, 0.3) is 0 Å². The second kappa shape index (κ2) is 26.5. The van der Waals surface area contributed by atoms with E-state index in [0.717, 1.165) is 63.5 Å². The summed E-state index contributed by atoms with van der Waals surface area (Å²) >= 11 is 30.8. The van der Waals surface area contributed by atoms with Crippen molar-refractivity contribution in [3.05, 3.63) is 131 Å². The molecule has 5 rings (SSSR count). The lowest BCUT2D eigenvalue weighted by Gasteiger charge is -2.17. The summed E-state index contributed by atoms with van der Waals surface area (Å²) in [5.74, 6) is 5.65. The normalized spacial score (nSPS) is 11.0. The predicted molar refractivity (Wildman–Crippen MR) is 268 cm³/mol. The van der Waals surface area contributed by atoms with Crippen LogP contribution in [-0.4, -0.2) is 62.8 Å². The number of hydrogen-bond acceptors (Lipinski definition) is 10. The third kappa shape index (κ3) is 16.2. The number of methoxy groups -OCH3 is 8. The Labute approximate surface area is 414 Å². The largest absolute Gasteiger partial charge is 0.496 e. The molecule has 0 N–H and O–H groups in total. The molecule has 0 fully saturated rings. The summed E-state index contributed by atoms with van der Waals surface area (Å²) in [6.45, 7) is 9.38. The molecule has 0 bridgehead atoms. The molecule has 66 heavy (non-hydrogen) atoms. The Kier molecular flexibility index (Phi) is 22.3. The number of allylic oxidation sites excluding steroid dienone is 2. The van der Waals surface area contributed by atoms with Crippen molar-refractivity contribution >= 4 is 64.0 Å². The van der Waals surface area contributed by atoms with Crippen LogP contribution in [0, 0.1) is 19.3 Å². The minimum Gasteiger partial charge on any atom is -0.496 e. The summed E-state index contributed by atoms with van der Waals surface area (Å²) in [7, 11) is 12.8. The molecule has 0 amide bonds. The summed E-state index contributed by atoms with van der Waals surface area (Å²) < 4.78 is 47.8. The minimum absolute atomic E-state index is 0.274. The second-order valence-corrected chi connectivity index (χ2v) is 17.8. The van der Waals surface area contributed by atoms with Gasteiger partial charge < -0.3 is 42.6 Å². The van der Waals surface area contributed by atoms with Gasteiger partial charge in [0.05, 0.1) is 82.4 Å². The zero-order chi connectivity index (χ0) is 49.3. The zero-order valence-electron chi connectivity index (χ0n) is 39.7. The van der Waals surface area contributed by atoms with Crippen molar-refractivity contribution in [1.82, 2.24) is 0 Å². The number of rotatable bonds is 16. The van der Waals surface area contributed by atoms with Gasteiger partial charge in [-0.25, -0.2) is 0 Å². The molecule has 0 atom stereocenters. The fraction of sp³-hybridized carbons (Fsp3) is 0.353. The predicted octanol–water partition coefficient (Wildman–Crippen LogP) is 14.0. The average Bonchev–Trinajstić information content (AvgIpc) is 3.28. The maximum atomic E-state index is 12.2. The Morgan fingerprint density at radius 1 is 0.500 bits per heavy atom. The number of ether oxygens (including phenoxy) is 9. The second-order valence-electron chi connectivity index (χ2n) is 15.7. The first-order chi connectivity index (χ1) is 31.2. The van der Waals surface area contributed by atoms with Crippen LogP contribution in [0.2, 0.25) is 20.1 Å². The van der Waals surface area contributed by atoms with Crippen molar-refractivity contribution in [3.63, 3.8) is 0 Å². The molecule has 0 radical (unpaired) electrons. The molecular weight excluding hydrogens is 950 g/mol. The summed E-state index contributed by atoms with van der Waals surface area (Å²) in [6, 6.07) is 20.2. The summed E-state index contributed by atoms with van der Waals surface area (Å²) in [5, 5.41) is 2.77. The topological polar surface area (TPSA) is 100 Å². The van der Waals surface area contributed by atoms with Crippen molar-refractivity contribution < 1.29 is 47.4 Å². The van der Waals surface area contributed by atoms with E-state index in [1.807, 2.05) is 83.2 Å². The first-order valence-electron chi connectivity index (χ1n) is 20.5. The maximum Gasteiger partial charge on any atom is 0.316 e. The Balaban J connectivity index is 0.000000285. The van der Waals surface area contributed by atoms with Crippen molar-refractivity contribution in [3.8, 4) is 51.7 Å². The molecule has 0 aromatic heterocycles. The van der Waals surface area contributed by atoms with Crippen LogP contribution >= 0.6 is 58.0 Å². The van der Waals surface area contributed by atoms with Gasteiger partial charge in [-0.05, 0) is 118 Å². The summed E-state index contributed by atoms with van der Waals surface area (Å²) in [6.07, 6.45) is 4.45. The third-order valence-electron chi connectivity index (χ3n) is 9.85. The van der Waals surface area contributed by atoms with Crippen LogP contribution < -0.4 is 42.6 Å². The smallest absolute Gasteiger partial charge is 0.316 e. The average molecular weight is 1010 g/mol. The molecule has 0 unspecified atom stereocenters. The number of halogens is 5. The van der Waals surface area contributed by atoms with Gasteiger partial charge in [-0.2, -0.15) is 0 Å². The SMILES string of the molecule is COc1cc(C/C=C(/Cl)Cc2cc(C)cc(OC(=O)C(C)(C)C)c2)c(OC)cc1Cl.COc1cc(CCc2cc(OC)c(Cl)cc2OC)c(OC)cc1Cl.COc1cc(Cl)c(OC)cc1C. The van der Waals surface area contributed by atoms with Gasteiger partial charge in [-0.1, -0.05) is 70.1 Å². The first kappa shape index (κ1) is 55.5. The van der Waals surface area contributed by atoms with Gasteiger partial charge in [0, 0.05) is 41.3 Å². The lowest BCUT2D eigenvalue weighted by atomic mass is 9.97. The Hall–Kier alpha value is -4.84. The molecule has 0 aliphatic heterocycles. The Morgan fingerprint density at radius 2 is 0.879 bits per heavy atom. The molecule has 0 aliphatic carbocycles. The van der Waals surface area contributed by atoms with Gasteiger partial charge in [0.1, 0.15) is 51.7 Å². The highest BCUT2D eigenvalue weighted by molar-refractivity contribution is 6.33. The van der Waals surface area contributed by atoms with E-state index >= 15 is 0 Å². The molecule has 0 heterocycles. The fourth-order valence-electron chi connectivity index (χ4n) is 6.34. The number of esters is 1. The molecule has 0 spiro atoms. The third-order valence-corrected chi connectivity index (χ3v) is 11.3. The van der Waals surface area contributed by atoms with E-state index < -0.39 is 5.41 Å². The minimum atomic E-state index is -0.569. The molecule has 10 nitrogen and oxygen atoms in total. The zero-order valence-corrected chi connectivity index (χ0v) is 43.5. The van der Waals surface area contributed by atoms with Gasteiger partial charge in [-0.15, -0.1) is 0 Å². The van der Waals surface area contributed by atoms with Gasteiger partial charge in [0.2, 0.25) is 0 Å². The van der Waals surface area contributed by atoms with E-state index in [1.165, 1.54) is 0 Å². The number of hydrogen-bond donors (Lipinski definition) is 0. The van der Waals surface area contributed by atoms with E-state index in [9.17, 15) is 4.79 Å². The quantitative estimate of drug-likeness (QED) is 0.0702. The molecule has 0 saturated carbocycles. The molecule has 15 heteroatoms. The standard InChI is InChI=1S/C24H28Cl2O4.C18H20Cl2O4.C9H11ClO2/c1-15-9-16(12-19(10-15)30-23(27)24(2,3)4)11-18(25)8-7-17-13-22(29-6)20(26)14-21(17)28-5;1-21-15-9-13(19)17(23-3)7-11(15)5-6-12-8-18(24-4)14(20)10-16(12)22-2;1-6-4-9(12-3)7(10)5-8(6)11-2/h8-10,12-14H,7,11H2,1-6H3;7-10H,5-6H2,1-4H3;4-5H,1-3H3/b18-8+;;. The van der Waals surface area contributed by atoms with Crippen molar-refractivity contribution in [2.24, 2.45) is 5.41 Å². The van der Waals surface area contributed by atoms with Crippen LogP contribution in [0.4, 0.5) is 0 Å². The fourth-order valence-corrected chi connectivity index (χ4v) is 7.49. The molecule has 0 aliphatic rings. The molecule has 5 aromatic carbocycles. The first-order valence-corrected chi connectivity index (χ1v) is 22.4. The van der Waals surface area contributed by atoms with Crippen LogP contribution in [0.3, 0.4) is 0 Å². The van der Waals surface area contributed by atoms with Crippen molar-refractivity contribution in [1.29, 1.82) is 0 Å². The van der Waals surface area contributed by atoms with E-state index in [-0.39, 0.29) is 5.97 Å². The number of benzene rings is 5. The monoisotopic (exact) mass is 1010 g/mol. The van der Waals surface area contributed by atoms with Gasteiger partial charge in [0.15, 0.2) is 0 Å². The van der Waals surface area contributed by atoms with Crippen molar-refractivity contribution in [2.45, 2.75) is 60.3 Å². The van der Waals surface area contributed by atoms with Gasteiger partial charge >= 0.3 is 5.97 Å². The summed E-state index contributed by atoms with van der Waals surface area (Å²) in [4.78, 5) is 12.2. The Bertz CT molecular complexity index is 2350. The molecular formula is C51H59Cl5O10. The highest BCUT2D eigenvalue weighted by atomic mass is 35.5. The molecule has 5 aromatic rings. The highest BCUT2D eigenvalue weighted by Crippen LogP contribution is 2.37. The molecule has 358 valence electrons. The van der Waals surface area contributed by atoms with Gasteiger partial charge in [-0.3, -0.25) is 4.79 Å². The maximum absolute atomic E-state index is 12.2. The van der Waals surface area contributed by atoms with E-state index in [2.05, 4.69) is 0 Å². The lowest BCUT2D eigenvalue weighted by Crippen LogP contribution is -2.25. The summed E-state index contributed by atoms with van der Waals surface area (Å²) in [5.41, 5.74) is 5.32. The van der Waals surface area contributed by atoms with Crippen LogP contribution in [0.15, 0.2) is 77.8 Å². The number of carbonyl (C=O) groups is 1. The van der Waals surface area contributed by atoms with Crippen LogP contribution in [-0.2, 0) is 30.5 Å².